The lowest BCUT2D eigenvalue weighted by atomic mass is 10.1. The van der Waals surface area contributed by atoms with Crippen LogP contribution in [0.15, 0.2) is 54.7 Å². The summed E-state index contributed by atoms with van der Waals surface area (Å²) in [6.07, 6.45) is 2.58. The normalized spacial score (nSPS) is 10.6. The molecule has 0 atom stereocenters. The summed E-state index contributed by atoms with van der Waals surface area (Å²) >= 11 is 0. The highest BCUT2D eigenvalue weighted by atomic mass is 19.1. The van der Waals surface area contributed by atoms with Gasteiger partial charge in [-0.2, -0.15) is 5.10 Å². The largest absolute Gasteiger partial charge is 0.497 e. The van der Waals surface area contributed by atoms with Crippen LogP contribution in [-0.4, -0.2) is 22.8 Å². The zero-order chi connectivity index (χ0) is 18.5. The highest BCUT2D eigenvalue weighted by Gasteiger charge is 2.15. The number of nitrogens with zero attached hydrogens (tertiary/aromatic N) is 2. The highest BCUT2D eigenvalue weighted by Crippen LogP contribution is 2.18. The van der Waals surface area contributed by atoms with Gasteiger partial charge in [-0.05, 0) is 29.7 Å². The van der Waals surface area contributed by atoms with Crippen molar-refractivity contribution in [3.8, 4) is 5.75 Å². The van der Waals surface area contributed by atoms with Gasteiger partial charge in [0, 0.05) is 12.1 Å². The number of aryl methyl sites for hydroxylation is 1. The van der Waals surface area contributed by atoms with Gasteiger partial charge in [-0.1, -0.05) is 31.2 Å². The van der Waals surface area contributed by atoms with E-state index >= 15 is 0 Å². The minimum absolute atomic E-state index is 0.0501. The molecule has 5 nitrogen and oxygen atoms in total. The number of carbonyl (C=O) groups excluding carboxylic acids is 1. The smallest absolute Gasteiger partial charge is 0.259 e. The second kappa shape index (κ2) is 7.82. The van der Waals surface area contributed by atoms with Crippen molar-refractivity contribution in [2.75, 3.05) is 12.4 Å². The van der Waals surface area contributed by atoms with E-state index in [4.69, 9.17) is 4.74 Å². The van der Waals surface area contributed by atoms with Crippen LogP contribution in [0.3, 0.4) is 0 Å². The summed E-state index contributed by atoms with van der Waals surface area (Å²) in [6, 6.07) is 14.0. The molecule has 1 amide bonds. The third kappa shape index (κ3) is 3.91. The van der Waals surface area contributed by atoms with Crippen molar-refractivity contribution in [1.29, 1.82) is 0 Å². The number of aromatic nitrogens is 2. The first kappa shape index (κ1) is 17.7. The molecular weight excluding hydrogens is 333 g/mol. The molecule has 26 heavy (non-hydrogen) atoms. The van der Waals surface area contributed by atoms with Crippen LogP contribution >= 0.6 is 0 Å². The Hall–Kier alpha value is -3.15. The van der Waals surface area contributed by atoms with Crippen LogP contribution in [0, 0.1) is 5.82 Å². The first-order valence-corrected chi connectivity index (χ1v) is 8.35. The molecule has 1 heterocycles. The topological polar surface area (TPSA) is 56.2 Å². The highest BCUT2D eigenvalue weighted by molar-refractivity contribution is 6.04. The second-order valence-electron chi connectivity index (χ2n) is 5.84. The molecule has 0 radical (unpaired) electrons. The predicted molar refractivity (Wildman–Crippen MR) is 98.1 cm³/mol. The van der Waals surface area contributed by atoms with Crippen molar-refractivity contribution in [1.82, 2.24) is 9.78 Å². The predicted octanol–water partition coefficient (Wildman–Crippen LogP) is 3.89. The Kier molecular flexibility index (Phi) is 5.31. The number of carbonyl (C=O) groups is 1. The Morgan fingerprint density at radius 1 is 1.15 bits per heavy atom. The molecule has 0 fully saturated rings. The van der Waals surface area contributed by atoms with Gasteiger partial charge in [0.15, 0.2) is 0 Å². The number of amides is 1. The van der Waals surface area contributed by atoms with Gasteiger partial charge in [-0.25, -0.2) is 9.07 Å². The first-order valence-electron chi connectivity index (χ1n) is 8.35. The molecule has 1 N–H and O–H groups in total. The summed E-state index contributed by atoms with van der Waals surface area (Å²) in [5.74, 6) is -0.305. The number of benzene rings is 2. The molecule has 134 valence electrons. The van der Waals surface area contributed by atoms with Crippen LogP contribution in [-0.2, 0) is 13.0 Å². The lowest BCUT2D eigenvalue weighted by molar-refractivity contribution is 0.102. The maximum absolute atomic E-state index is 14.1. The molecule has 0 unspecified atom stereocenters. The van der Waals surface area contributed by atoms with E-state index < -0.39 is 11.7 Å². The molecule has 3 rings (SSSR count). The maximum Gasteiger partial charge on any atom is 0.259 e. The summed E-state index contributed by atoms with van der Waals surface area (Å²) in [5, 5.41) is 6.95. The Morgan fingerprint density at radius 2 is 1.88 bits per heavy atom. The van der Waals surface area contributed by atoms with Crippen LogP contribution in [0.5, 0.6) is 5.75 Å². The van der Waals surface area contributed by atoms with E-state index in [2.05, 4.69) is 29.5 Å². The number of hydrogen-bond donors (Lipinski definition) is 1. The van der Waals surface area contributed by atoms with Crippen molar-refractivity contribution < 1.29 is 13.9 Å². The molecule has 0 bridgehead atoms. The molecule has 3 aromatic rings. The number of halogens is 1. The van der Waals surface area contributed by atoms with Crippen LogP contribution < -0.4 is 10.1 Å². The molecule has 0 saturated carbocycles. The minimum atomic E-state index is -0.636. The van der Waals surface area contributed by atoms with Crippen molar-refractivity contribution >= 4 is 11.7 Å². The van der Waals surface area contributed by atoms with Gasteiger partial charge < -0.3 is 10.1 Å². The number of nitrogens with one attached hydrogen (secondary N) is 1. The van der Waals surface area contributed by atoms with E-state index in [-0.39, 0.29) is 5.56 Å². The first-order chi connectivity index (χ1) is 12.6. The Morgan fingerprint density at radius 3 is 2.54 bits per heavy atom. The number of methoxy groups -OCH3 is 1. The Labute approximate surface area is 151 Å². The van der Waals surface area contributed by atoms with Gasteiger partial charge in [0.1, 0.15) is 17.4 Å². The standard InChI is InChI=1S/C20H20FN3O2/c1-3-14-4-6-15(7-5-14)13-24-19(10-11-22-24)23-20(25)17-9-8-16(26-2)12-18(17)21/h4-12H,3,13H2,1-2H3,(H,23,25). The quantitative estimate of drug-likeness (QED) is 0.731. The minimum Gasteiger partial charge on any atom is -0.497 e. The molecule has 2 aromatic carbocycles. The monoisotopic (exact) mass is 353 g/mol. The third-order valence-corrected chi connectivity index (χ3v) is 4.14. The average molecular weight is 353 g/mol. The molecule has 6 heteroatoms. The molecular formula is C20H20FN3O2. The molecule has 0 aliphatic rings. The zero-order valence-corrected chi connectivity index (χ0v) is 14.7. The lowest BCUT2D eigenvalue weighted by Gasteiger charge is -2.10. The maximum atomic E-state index is 14.1. The summed E-state index contributed by atoms with van der Waals surface area (Å²) in [5.41, 5.74) is 2.28. The summed E-state index contributed by atoms with van der Waals surface area (Å²) in [6.45, 7) is 2.62. The average Bonchev–Trinajstić information content (AvgIpc) is 3.08. The van der Waals surface area contributed by atoms with E-state index in [1.54, 1.807) is 23.0 Å². The van der Waals surface area contributed by atoms with Crippen LogP contribution in [0.1, 0.15) is 28.4 Å². The van der Waals surface area contributed by atoms with Crippen molar-refractivity contribution in [3.63, 3.8) is 0 Å². The van der Waals surface area contributed by atoms with Crippen molar-refractivity contribution in [2.24, 2.45) is 0 Å². The van der Waals surface area contributed by atoms with Crippen LogP contribution in [0.25, 0.3) is 0 Å². The number of ether oxygens (including phenoxy) is 1. The van der Waals surface area contributed by atoms with E-state index in [0.717, 1.165) is 12.0 Å². The Balaban J connectivity index is 1.74. The van der Waals surface area contributed by atoms with Crippen molar-refractivity contribution in [2.45, 2.75) is 19.9 Å². The van der Waals surface area contributed by atoms with E-state index in [9.17, 15) is 9.18 Å². The van der Waals surface area contributed by atoms with E-state index in [0.29, 0.717) is 18.1 Å². The fourth-order valence-electron chi connectivity index (χ4n) is 2.61. The molecule has 0 aliphatic heterocycles. The fraction of sp³-hybridized carbons (Fsp3) is 0.200. The molecule has 0 spiro atoms. The molecule has 1 aromatic heterocycles. The van der Waals surface area contributed by atoms with Crippen LogP contribution in [0.4, 0.5) is 10.2 Å². The molecule has 0 saturated heterocycles. The second-order valence-corrected chi connectivity index (χ2v) is 5.84. The van der Waals surface area contributed by atoms with Gasteiger partial charge >= 0.3 is 0 Å². The van der Waals surface area contributed by atoms with Gasteiger partial charge in [0.25, 0.3) is 5.91 Å². The van der Waals surface area contributed by atoms with Gasteiger partial charge in [0.05, 0.1) is 25.4 Å². The number of rotatable bonds is 6. The fourth-order valence-corrected chi connectivity index (χ4v) is 2.61. The van der Waals surface area contributed by atoms with Gasteiger partial charge in [-0.3, -0.25) is 4.79 Å². The van der Waals surface area contributed by atoms with Crippen molar-refractivity contribution in [3.05, 3.63) is 77.2 Å². The SMILES string of the molecule is CCc1ccc(Cn2nccc2NC(=O)c2ccc(OC)cc2F)cc1. The molecule has 0 aliphatic carbocycles. The van der Waals surface area contributed by atoms with E-state index in [1.165, 1.54) is 24.8 Å². The van der Waals surface area contributed by atoms with Gasteiger partial charge in [-0.15, -0.1) is 0 Å². The van der Waals surface area contributed by atoms with Gasteiger partial charge in [0.2, 0.25) is 0 Å². The summed E-state index contributed by atoms with van der Waals surface area (Å²) in [7, 11) is 1.44. The Bertz CT molecular complexity index is 904. The van der Waals surface area contributed by atoms with Crippen LogP contribution in [0.2, 0.25) is 0 Å². The summed E-state index contributed by atoms with van der Waals surface area (Å²) < 4.78 is 20.7. The lowest BCUT2D eigenvalue weighted by Crippen LogP contribution is -2.17. The number of hydrogen-bond acceptors (Lipinski definition) is 3. The third-order valence-electron chi connectivity index (χ3n) is 4.14. The summed E-state index contributed by atoms with van der Waals surface area (Å²) in [4.78, 5) is 12.4. The zero-order valence-electron chi connectivity index (χ0n) is 14.7. The number of anilines is 1. The van der Waals surface area contributed by atoms with E-state index in [1.807, 2.05) is 12.1 Å².